The number of nitrogens with zero attached hydrogens (tertiary/aromatic N) is 1. The number of nitrogens with one attached hydrogen (secondary N) is 1. The van der Waals surface area contributed by atoms with Crippen LogP contribution in [0.5, 0.6) is 5.75 Å². The Morgan fingerprint density at radius 2 is 1.27 bits per heavy atom. The zero-order valence-corrected chi connectivity index (χ0v) is 24.4. The molecular weight excluding hydrogens is 460 g/mol. The van der Waals surface area contributed by atoms with E-state index in [1.165, 1.54) is 89.9 Å². The van der Waals surface area contributed by atoms with E-state index in [1.807, 2.05) is 0 Å². The summed E-state index contributed by atoms with van der Waals surface area (Å²) in [6, 6.07) is 6.30. The quantitative estimate of drug-likeness (QED) is 0.163. The Hall–Kier alpha value is -1.59. The molecule has 1 aliphatic heterocycles. The van der Waals surface area contributed by atoms with E-state index in [1.54, 1.807) is 24.3 Å². The van der Waals surface area contributed by atoms with Gasteiger partial charge in [0.1, 0.15) is 11.9 Å². The molecule has 214 valence electrons. The third kappa shape index (κ3) is 16.8. The highest BCUT2D eigenvalue weighted by atomic mass is 16.3. The molecule has 3 N–H and O–H groups in total. The molecule has 0 radical (unpaired) electrons. The van der Waals surface area contributed by atoms with Gasteiger partial charge in [0.2, 0.25) is 5.91 Å². The molecule has 0 spiro atoms. The van der Waals surface area contributed by atoms with Gasteiger partial charge in [-0.2, -0.15) is 0 Å². The molecule has 1 aliphatic rings. The van der Waals surface area contributed by atoms with Crippen LogP contribution >= 0.6 is 0 Å². The second-order valence-corrected chi connectivity index (χ2v) is 10.9. The lowest BCUT2D eigenvalue weighted by molar-refractivity contribution is -0.123. The first kappa shape index (κ1) is 33.4. The predicted octanol–water partition coefficient (Wildman–Crippen LogP) is 7.90. The first-order valence-corrected chi connectivity index (χ1v) is 15.5. The molecule has 5 nitrogen and oxygen atoms in total. The van der Waals surface area contributed by atoms with Gasteiger partial charge in [-0.05, 0) is 50.0 Å². The molecule has 1 amide bonds. The second kappa shape index (κ2) is 22.4. The Labute approximate surface area is 228 Å². The Morgan fingerprint density at radius 3 is 1.76 bits per heavy atom. The number of rotatable bonds is 19. The molecule has 2 atom stereocenters. The molecule has 1 saturated heterocycles. The van der Waals surface area contributed by atoms with Crippen LogP contribution in [-0.2, 0) is 4.79 Å². The molecule has 1 aromatic carbocycles. The maximum atomic E-state index is 12.6. The Morgan fingerprint density at radius 1 is 0.811 bits per heavy atom. The summed E-state index contributed by atoms with van der Waals surface area (Å²) in [7, 11) is 0. The second-order valence-electron chi connectivity index (χ2n) is 10.9. The average Bonchev–Trinajstić information content (AvgIpc) is 3.40. The lowest BCUT2D eigenvalue weighted by atomic mass is 10.0. The van der Waals surface area contributed by atoms with Gasteiger partial charge in [0.05, 0.1) is 6.04 Å². The van der Waals surface area contributed by atoms with Gasteiger partial charge in [0.25, 0.3) is 0 Å². The minimum Gasteiger partial charge on any atom is -0.508 e. The molecule has 0 aliphatic carbocycles. The smallest absolute Gasteiger partial charge is 0.220 e. The molecule has 1 fully saturated rings. The highest BCUT2D eigenvalue weighted by molar-refractivity contribution is 5.76. The van der Waals surface area contributed by atoms with Gasteiger partial charge in [-0.3, -0.25) is 4.79 Å². The van der Waals surface area contributed by atoms with Gasteiger partial charge in [0, 0.05) is 13.0 Å². The first-order valence-electron chi connectivity index (χ1n) is 15.5. The normalized spacial score (nSPS) is 15.1. The number of hydrogen-bond donors (Lipinski definition) is 3. The van der Waals surface area contributed by atoms with E-state index in [9.17, 15) is 15.0 Å². The van der Waals surface area contributed by atoms with Gasteiger partial charge in [0.15, 0.2) is 0 Å². The van der Waals surface area contributed by atoms with Crippen molar-refractivity contribution in [1.29, 1.82) is 0 Å². The van der Waals surface area contributed by atoms with E-state index in [2.05, 4.69) is 31.0 Å². The number of unbranched alkanes of at least 4 members (excludes halogenated alkanes) is 12. The summed E-state index contributed by atoms with van der Waals surface area (Å²) in [6.45, 7) is 9.22. The fourth-order valence-electron chi connectivity index (χ4n) is 4.95. The van der Waals surface area contributed by atoms with Crippen LogP contribution < -0.4 is 5.32 Å². The summed E-state index contributed by atoms with van der Waals surface area (Å²) in [6.07, 6.45) is 20.2. The lowest BCUT2D eigenvalue weighted by Crippen LogP contribution is -2.46. The zero-order chi connectivity index (χ0) is 27.1. The van der Waals surface area contributed by atoms with Crippen molar-refractivity contribution in [2.75, 3.05) is 19.6 Å². The van der Waals surface area contributed by atoms with Gasteiger partial charge in [-0.25, -0.2) is 0 Å². The number of carbonyl (C=O) groups is 1. The molecule has 0 saturated carbocycles. The van der Waals surface area contributed by atoms with Crippen molar-refractivity contribution >= 4 is 5.91 Å². The number of phenolic OH excluding ortho intramolecular Hbond substituents is 1. The highest BCUT2D eigenvalue weighted by Gasteiger charge is 2.26. The molecule has 2 rings (SSSR count). The van der Waals surface area contributed by atoms with Gasteiger partial charge in [-0.1, -0.05) is 116 Å². The van der Waals surface area contributed by atoms with E-state index in [4.69, 9.17) is 0 Å². The standard InChI is InChI=1S/C29H50N2O3.C3H8/c1-2-3-4-5-6-7-8-9-10-11-12-13-14-17-28(33)30-27(24-31-22-15-16-23-31)29(34)25-18-20-26(32)21-19-25;1-3-2/h18-21,27,29,32,34H,2-17,22-24H2,1H3,(H,30,33);3H2,1-2H3/t27-,29-;/m1./s1. The Bertz CT molecular complexity index is 659. The van der Waals surface area contributed by atoms with Crippen molar-refractivity contribution in [3.05, 3.63) is 29.8 Å². The van der Waals surface area contributed by atoms with Gasteiger partial charge in [-0.15, -0.1) is 0 Å². The largest absolute Gasteiger partial charge is 0.508 e. The minimum atomic E-state index is -0.781. The molecule has 1 aromatic rings. The summed E-state index contributed by atoms with van der Waals surface area (Å²) in [4.78, 5) is 15.0. The molecule has 0 bridgehead atoms. The van der Waals surface area contributed by atoms with Crippen molar-refractivity contribution < 1.29 is 15.0 Å². The Kier molecular flexibility index (Phi) is 20.2. The number of amides is 1. The lowest BCUT2D eigenvalue weighted by Gasteiger charge is -2.28. The van der Waals surface area contributed by atoms with Crippen LogP contribution in [0.3, 0.4) is 0 Å². The van der Waals surface area contributed by atoms with E-state index >= 15 is 0 Å². The topological polar surface area (TPSA) is 72.8 Å². The first-order chi connectivity index (χ1) is 18.0. The van der Waals surface area contributed by atoms with Crippen LogP contribution in [-0.4, -0.2) is 46.7 Å². The van der Waals surface area contributed by atoms with Crippen LogP contribution in [0, 0.1) is 0 Å². The summed E-state index contributed by atoms with van der Waals surface area (Å²) >= 11 is 0. The number of aliphatic hydroxyl groups is 1. The molecular formula is C32H58N2O3. The molecule has 5 heteroatoms. The fraction of sp³-hybridized carbons (Fsp3) is 0.781. The maximum Gasteiger partial charge on any atom is 0.220 e. The number of hydrogen-bond acceptors (Lipinski definition) is 4. The van der Waals surface area contributed by atoms with Crippen molar-refractivity contribution in [1.82, 2.24) is 10.2 Å². The maximum absolute atomic E-state index is 12.6. The van der Waals surface area contributed by atoms with Crippen LogP contribution in [0.2, 0.25) is 0 Å². The molecule has 0 aromatic heterocycles. The van der Waals surface area contributed by atoms with Crippen molar-refractivity contribution in [2.24, 2.45) is 0 Å². The SMILES string of the molecule is CCC.CCCCCCCCCCCCCCCC(=O)N[C@H](CN1CCCC1)[C@H](O)c1ccc(O)cc1. The fourth-order valence-corrected chi connectivity index (χ4v) is 4.95. The van der Waals surface area contributed by atoms with Crippen LogP contribution in [0.4, 0.5) is 0 Å². The molecule has 0 unspecified atom stereocenters. The predicted molar refractivity (Wildman–Crippen MR) is 157 cm³/mol. The summed E-state index contributed by atoms with van der Waals surface area (Å²) < 4.78 is 0. The number of benzene rings is 1. The van der Waals surface area contributed by atoms with E-state index < -0.39 is 6.10 Å². The van der Waals surface area contributed by atoms with Gasteiger partial charge >= 0.3 is 0 Å². The van der Waals surface area contributed by atoms with Crippen LogP contribution in [0.25, 0.3) is 0 Å². The monoisotopic (exact) mass is 518 g/mol. The number of phenols is 1. The number of likely N-dealkylation sites (tertiary alicyclic amines) is 1. The van der Waals surface area contributed by atoms with E-state index in [0.29, 0.717) is 13.0 Å². The van der Waals surface area contributed by atoms with Crippen LogP contribution in [0.15, 0.2) is 24.3 Å². The highest BCUT2D eigenvalue weighted by Crippen LogP contribution is 2.22. The molecule has 37 heavy (non-hydrogen) atoms. The van der Waals surface area contributed by atoms with Gasteiger partial charge < -0.3 is 20.4 Å². The third-order valence-electron chi connectivity index (χ3n) is 7.12. The summed E-state index contributed by atoms with van der Waals surface area (Å²) in [5, 5.41) is 23.6. The van der Waals surface area contributed by atoms with Crippen molar-refractivity contribution in [2.45, 2.75) is 142 Å². The zero-order valence-electron chi connectivity index (χ0n) is 24.4. The number of carbonyl (C=O) groups excluding carboxylic acids is 1. The summed E-state index contributed by atoms with van der Waals surface area (Å²) in [5.74, 6) is 0.212. The number of aromatic hydroxyl groups is 1. The van der Waals surface area contributed by atoms with Crippen LogP contribution in [0.1, 0.15) is 142 Å². The average molecular weight is 519 g/mol. The molecule has 1 heterocycles. The van der Waals surface area contributed by atoms with Crippen molar-refractivity contribution in [3.63, 3.8) is 0 Å². The third-order valence-corrected chi connectivity index (χ3v) is 7.12. The number of aliphatic hydroxyl groups excluding tert-OH is 1. The van der Waals surface area contributed by atoms with E-state index in [-0.39, 0.29) is 17.7 Å². The van der Waals surface area contributed by atoms with E-state index in [0.717, 1.165) is 31.5 Å². The van der Waals surface area contributed by atoms with Crippen molar-refractivity contribution in [3.8, 4) is 5.75 Å². The Balaban J connectivity index is 0.00000217. The minimum absolute atomic E-state index is 0.0325. The summed E-state index contributed by atoms with van der Waals surface area (Å²) in [5.41, 5.74) is 0.725.